The van der Waals surface area contributed by atoms with Gasteiger partial charge in [-0.05, 0) is 28.1 Å². The van der Waals surface area contributed by atoms with Gasteiger partial charge in [-0.25, -0.2) is 4.39 Å². The summed E-state index contributed by atoms with van der Waals surface area (Å²) in [4.78, 5) is 10.8. The number of alkyl halides is 2. The van der Waals surface area contributed by atoms with Gasteiger partial charge in [-0.3, -0.25) is 4.79 Å². The fourth-order valence-corrected chi connectivity index (χ4v) is 0.833. The molecule has 0 fully saturated rings. The van der Waals surface area contributed by atoms with Crippen LogP contribution in [0.1, 0.15) is 0 Å². The molecule has 0 aliphatic carbocycles. The van der Waals surface area contributed by atoms with E-state index >= 15 is 0 Å². The number of rotatable bonds is 2. The lowest BCUT2D eigenvalue weighted by Gasteiger charge is -2.03. The topological polar surface area (TPSA) is 29.1 Å². The second-order valence-corrected chi connectivity index (χ2v) is 2.96. The van der Waals surface area contributed by atoms with E-state index in [1.807, 2.05) is 6.07 Å². The SMILES string of the molecule is O=C(Nc1ccccc1)C(F)Br. The van der Waals surface area contributed by atoms with E-state index in [2.05, 4.69) is 21.2 Å². The van der Waals surface area contributed by atoms with Crippen LogP contribution in [0.4, 0.5) is 10.1 Å². The van der Waals surface area contributed by atoms with Gasteiger partial charge in [-0.2, -0.15) is 0 Å². The molecule has 1 aromatic carbocycles. The van der Waals surface area contributed by atoms with Crippen LogP contribution in [0.25, 0.3) is 0 Å². The molecule has 1 atom stereocenters. The first-order valence-electron chi connectivity index (χ1n) is 3.34. The maximum absolute atomic E-state index is 12.3. The summed E-state index contributed by atoms with van der Waals surface area (Å²) in [5.74, 6) is -0.693. The van der Waals surface area contributed by atoms with Crippen molar-refractivity contribution in [3.63, 3.8) is 0 Å². The molecule has 2 nitrogen and oxygen atoms in total. The number of carbonyl (C=O) groups is 1. The van der Waals surface area contributed by atoms with Crippen LogP contribution in [0.5, 0.6) is 0 Å². The van der Waals surface area contributed by atoms with Gasteiger partial charge in [-0.15, -0.1) is 0 Å². The van der Waals surface area contributed by atoms with Gasteiger partial charge < -0.3 is 5.32 Å². The number of hydrogen-bond donors (Lipinski definition) is 1. The number of nitrogens with one attached hydrogen (secondary N) is 1. The Morgan fingerprint density at radius 2 is 2.00 bits per heavy atom. The highest BCUT2D eigenvalue weighted by molar-refractivity contribution is 9.09. The Kier molecular flexibility index (Phi) is 3.22. The van der Waals surface area contributed by atoms with Crippen molar-refractivity contribution in [2.45, 2.75) is 5.08 Å². The monoisotopic (exact) mass is 231 g/mol. The Balaban J connectivity index is 2.59. The Bertz CT molecular complexity index is 263. The van der Waals surface area contributed by atoms with E-state index in [1.165, 1.54) is 0 Å². The first-order valence-corrected chi connectivity index (χ1v) is 4.26. The van der Waals surface area contributed by atoms with Crippen LogP contribution < -0.4 is 5.32 Å². The minimum absolute atomic E-state index is 0.588. The molecule has 4 heteroatoms. The lowest BCUT2D eigenvalue weighted by Crippen LogP contribution is -2.18. The van der Waals surface area contributed by atoms with Crippen molar-refractivity contribution in [1.29, 1.82) is 0 Å². The summed E-state index contributed by atoms with van der Waals surface area (Å²) < 4.78 is 12.3. The van der Waals surface area contributed by atoms with Gasteiger partial charge >= 0.3 is 0 Å². The van der Waals surface area contributed by atoms with Crippen LogP contribution in [0.3, 0.4) is 0 Å². The van der Waals surface area contributed by atoms with Gasteiger partial charge in [0.1, 0.15) is 0 Å². The van der Waals surface area contributed by atoms with Crippen molar-refractivity contribution in [3.8, 4) is 0 Å². The number of para-hydroxylation sites is 1. The molecule has 0 saturated heterocycles. The summed E-state index contributed by atoms with van der Waals surface area (Å²) in [6.45, 7) is 0. The average molecular weight is 232 g/mol. The zero-order chi connectivity index (χ0) is 8.97. The van der Waals surface area contributed by atoms with Crippen molar-refractivity contribution in [3.05, 3.63) is 30.3 Å². The van der Waals surface area contributed by atoms with E-state index in [-0.39, 0.29) is 0 Å². The molecule has 0 heterocycles. The average Bonchev–Trinajstić information content (AvgIpc) is 2.06. The number of carbonyl (C=O) groups excluding carboxylic acids is 1. The molecule has 64 valence electrons. The molecule has 0 bridgehead atoms. The quantitative estimate of drug-likeness (QED) is 0.779. The zero-order valence-electron chi connectivity index (χ0n) is 6.13. The maximum Gasteiger partial charge on any atom is 0.270 e. The summed E-state index contributed by atoms with van der Waals surface area (Å²) in [7, 11) is 0. The fourth-order valence-electron chi connectivity index (χ4n) is 0.718. The maximum atomic E-state index is 12.3. The van der Waals surface area contributed by atoms with Gasteiger partial charge in [-0.1, -0.05) is 18.2 Å². The highest BCUT2D eigenvalue weighted by atomic mass is 79.9. The molecule has 1 aromatic rings. The molecule has 0 radical (unpaired) electrons. The first kappa shape index (κ1) is 9.19. The zero-order valence-corrected chi connectivity index (χ0v) is 7.71. The molecule has 1 N–H and O–H groups in total. The Hall–Kier alpha value is -0.900. The van der Waals surface area contributed by atoms with Crippen LogP contribution in [0.15, 0.2) is 30.3 Å². The molecule has 0 saturated carbocycles. The number of amides is 1. The highest BCUT2D eigenvalue weighted by Gasteiger charge is 2.11. The minimum Gasteiger partial charge on any atom is -0.323 e. The van der Waals surface area contributed by atoms with Crippen molar-refractivity contribution < 1.29 is 9.18 Å². The molecule has 0 aliphatic heterocycles. The molecule has 1 amide bonds. The lowest BCUT2D eigenvalue weighted by molar-refractivity contribution is -0.117. The van der Waals surface area contributed by atoms with Crippen LogP contribution in [0, 0.1) is 0 Å². The summed E-state index contributed by atoms with van der Waals surface area (Å²) in [5.41, 5.74) is 0.588. The second-order valence-electron chi connectivity index (χ2n) is 2.16. The first-order chi connectivity index (χ1) is 5.70. The smallest absolute Gasteiger partial charge is 0.270 e. The van der Waals surface area contributed by atoms with Gasteiger partial charge in [0.25, 0.3) is 5.91 Å². The normalized spacial score (nSPS) is 12.2. The third-order valence-electron chi connectivity index (χ3n) is 1.24. The highest BCUT2D eigenvalue weighted by Crippen LogP contribution is 2.08. The number of hydrogen-bond acceptors (Lipinski definition) is 1. The molecule has 0 aliphatic rings. The lowest BCUT2D eigenvalue weighted by atomic mass is 10.3. The van der Waals surface area contributed by atoms with Gasteiger partial charge in [0, 0.05) is 5.69 Å². The van der Waals surface area contributed by atoms with E-state index in [9.17, 15) is 9.18 Å². The van der Waals surface area contributed by atoms with Crippen LogP contribution in [-0.4, -0.2) is 11.0 Å². The summed E-state index contributed by atoms with van der Waals surface area (Å²) >= 11 is 2.52. The number of anilines is 1. The molecular formula is C8H7BrFNO. The predicted octanol–water partition coefficient (Wildman–Crippen LogP) is 2.32. The standard InChI is InChI=1S/C8H7BrFNO/c9-7(10)8(12)11-6-4-2-1-3-5-6/h1-5,7H,(H,11,12). The Morgan fingerprint density at radius 1 is 1.42 bits per heavy atom. The van der Waals surface area contributed by atoms with E-state index in [4.69, 9.17) is 0 Å². The fraction of sp³-hybridized carbons (Fsp3) is 0.125. The van der Waals surface area contributed by atoms with Crippen molar-refractivity contribution in [2.24, 2.45) is 0 Å². The third kappa shape index (κ3) is 2.62. The van der Waals surface area contributed by atoms with E-state index in [1.54, 1.807) is 24.3 Å². The van der Waals surface area contributed by atoms with Gasteiger partial charge in [0.15, 0.2) is 0 Å². The minimum atomic E-state index is -1.65. The van der Waals surface area contributed by atoms with Gasteiger partial charge in [0.05, 0.1) is 0 Å². The van der Waals surface area contributed by atoms with E-state index in [0.29, 0.717) is 5.69 Å². The van der Waals surface area contributed by atoms with Crippen molar-refractivity contribution in [1.82, 2.24) is 0 Å². The Labute approximate surface area is 77.9 Å². The summed E-state index contributed by atoms with van der Waals surface area (Å²) in [5, 5.41) is 0.726. The van der Waals surface area contributed by atoms with Crippen LogP contribution in [-0.2, 0) is 4.79 Å². The largest absolute Gasteiger partial charge is 0.323 e. The second kappa shape index (κ2) is 4.21. The van der Waals surface area contributed by atoms with Crippen LogP contribution in [0.2, 0.25) is 0 Å². The molecule has 1 unspecified atom stereocenters. The number of benzene rings is 1. The van der Waals surface area contributed by atoms with Crippen LogP contribution >= 0.6 is 15.9 Å². The molecule has 0 aromatic heterocycles. The number of halogens is 2. The molecular weight excluding hydrogens is 225 g/mol. The summed E-state index contributed by atoms with van der Waals surface area (Å²) in [6.07, 6.45) is 0. The molecule has 1 rings (SSSR count). The molecule has 0 spiro atoms. The van der Waals surface area contributed by atoms with E-state index in [0.717, 1.165) is 0 Å². The van der Waals surface area contributed by atoms with E-state index < -0.39 is 11.0 Å². The van der Waals surface area contributed by atoms with Crippen molar-refractivity contribution in [2.75, 3.05) is 5.32 Å². The van der Waals surface area contributed by atoms with Gasteiger partial charge in [0.2, 0.25) is 5.08 Å². The third-order valence-corrected chi connectivity index (χ3v) is 1.66. The molecule has 12 heavy (non-hydrogen) atoms. The van der Waals surface area contributed by atoms with Crippen molar-refractivity contribution >= 4 is 27.5 Å². The predicted molar refractivity (Wildman–Crippen MR) is 48.9 cm³/mol. The summed E-state index contributed by atoms with van der Waals surface area (Å²) in [6, 6.07) is 8.71. The Morgan fingerprint density at radius 3 is 2.50 bits per heavy atom.